The summed E-state index contributed by atoms with van der Waals surface area (Å²) < 4.78 is 31.6. The number of carbonyl (C=O) groups excluding carboxylic acids is 1. The fraction of sp³-hybridized carbons (Fsp3) is 0.400. The molecule has 0 spiro atoms. The normalized spacial score (nSPS) is 16.0. The first-order valence-corrected chi connectivity index (χ1v) is 10.1. The first-order valence-electron chi connectivity index (χ1n) is 7.76. The molecule has 0 aromatic carbocycles. The molecule has 1 saturated heterocycles. The summed E-state index contributed by atoms with van der Waals surface area (Å²) in [6.45, 7) is 4.08. The zero-order chi connectivity index (χ0) is 19.1. The van der Waals surface area contributed by atoms with Crippen LogP contribution in [-0.2, 0) is 10.0 Å². The fourth-order valence-electron chi connectivity index (χ4n) is 2.77. The summed E-state index contributed by atoms with van der Waals surface area (Å²) in [7, 11) is -3.77. The van der Waals surface area contributed by atoms with Gasteiger partial charge in [0.1, 0.15) is 15.5 Å². The van der Waals surface area contributed by atoms with Crippen LogP contribution >= 0.6 is 11.3 Å². The maximum absolute atomic E-state index is 12.7. The Bertz CT molecular complexity index is 934. The summed E-state index contributed by atoms with van der Waals surface area (Å²) in [5, 5.41) is 14.0. The minimum atomic E-state index is -3.77. The van der Waals surface area contributed by atoms with Gasteiger partial charge in [-0.25, -0.2) is 13.2 Å². The van der Waals surface area contributed by atoms with Crippen molar-refractivity contribution in [1.82, 2.24) is 14.4 Å². The largest absolute Gasteiger partial charge is 0.478 e. The Balaban J connectivity index is 1.71. The Morgan fingerprint density at radius 2 is 1.88 bits per heavy atom. The average Bonchev–Trinajstić information content (AvgIpc) is 3.22. The van der Waals surface area contributed by atoms with Gasteiger partial charge in [0.15, 0.2) is 0 Å². The number of aryl methyl sites for hydroxylation is 2. The van der Waals surface area contributed by atoms with Crippen LogP contribution in [0.5, 0.6) is 0 Å². The molecule has 1 fully saturated rings. The maximum atomic E-state index is 12.7. The summed E-state index contributed by atoms with van der Waals surface area (Å²) in [5.41, 5.74) is 0.855. The molecule has 0 atom stereocenters. The molecule has 26 heavy (non-hydrogen) atoms. The molecular formula is C15H17N3O6S2. The van der Waals surface area contributed by atoms with E-state index in [4.69, 9.17) is 9.63 Å². The van der Waals surface area contributed by atoms with Crippen LogP contribution in [0.25, 0.3) is 0 Å². The van der Waals surface area contributed by atoms with Gasteiger partial charge in [-0.1, -0.05) is 5.16 Å². The van der Waals surface area contributed by atoms with Crippen molar-refractivity contribution >= 4 is 33.2 Å². The van der Waals surface area contributed by atoms with Crippen LogP contribution in [0.3, 0.4) is 0 Å². The van der Waals surface area contributed by atoms with Crippen molar-refractivity contribution in [3.8, 4) is 0 Å². The monoisotopic (exact) mass is 399 g/mol. The van der Waals surface area contributed by atoms with E-state index in [2.05, 4.69) is 5.16 Å². The molecule has 0 bridgehead atoms. The highest BCUT2D eigenvalue weighted by molar-refractivity contribution is 7.91. The van der Waals surface area contributed by atoms with E-state index in [1.807, 2.05) is 0 Å². The quantitative estimate of drug-likeness (QED) is 0.820. The minimum absolute atomic E-state index is 0.0135. The number of sulfonamides is 1. The van der Waals surface area contributed by atoms with Gasteiger partial charge in [0.25, 0.3) is 15.9 Å². The molecule has 140 valence electrons. The lowest BCUT2D eigenvalue weighted by molar-refractivity contribution is 0.0687. The maximum Gasteiger partial charge on any atom is 0.336 e. The number of carboxylic acid groups (broad SMARTS) is 1. The van der Waals surface area contributed by atoms with Crippen LogP contribution in [-0.4, -0.2) is 65.9 Å². The van der Waals surface area contributed by atoms with Gasteiger partial charge in [0, 0.05) is 31.6 Å². The second kappa shape index (κ2) is 6.82. The zero-order valence-electron chi connectivity index (χ0n) is 14.1. The number of carboxylic acids is 1. The summed E-state index contributed by atoms with van der Waals surface area (Å²) in [4.78, 5) is 25.1. The molecule has 1 amide bonds. The number of piperazine rings is 1. The number of hydrogen-bond donors (Lipinski definition) is 1. The van der Waals surface area contributed by atoms with Gasteiger partial charge in [-0.05, 0) is 19.9 Å². The van der Waals surface area contributed by atoms with Gasteiger partial charge in [-0.2, -0.15) is 4.31 Å². The number of aromatic carboxylic acids is 1. The van der Waals surface area contributed by atoms with E-state index in [1.54, 1.807) is 18.7 Å². The predicted molar refractivity (Wildman–Crippen MR) is 91.9 cm³/mol. The molecule has 2 aromatic heterocycles. The summed E-state index contributed by atoms with van der Waals surface area (Å²) in [5.74, 6) is -0.970. The van der Waals surface area contributed by atoms with Gasteiger partial charge < -0.3 is 14.5 Å². The Morgan fingerprint density at radius 3 is 2.38 bits per heavy atom. The van der Waals surface area contributed by atoms with Crippen molar-refractivity contribution in [2.24, 2.45) is 0 Å². The summed E-state index contributed by atoms with van der Waals surface area (Å²) >= 11 is 0.876. The van der Waals surface area contributed by atoms with Crippen LogP contribution in [0.2, 0.25) is 0 Å². The number of carbonyl (C=O) groups is 2. The minimum Gasteiger partial charge on any atom is -0.478 e. The molecule has 3 heterocycles. The van der Waals surface area contributed by atoms with Gasteiger partial charge >= 0.3 is 5.97 Å². The molecule has 0 saturated carbocycles. The standard InChI is InChI=1S/C15H17N3O6S2/c1-9-13(10(2)24-16-9)14(19)17-3-5-18(6-4-17)26(22,23)12-7-11(8-25-12)15(20)21/h7-8H,3-6H2,1-2H3,(H,20,21). The van der Waals surface area contributed by atoms with Crippen molar-refractivity contribution in [2.75, 3.05) is 26.2 Å². The van der Waals surface area contributed by atoms with Gasteiger partial charge in [-0.15, -0.1) is 11.3 Å². The Kier molecular flexibility index (Phi) is 4.86. The Hall–Kier alpha value is -2.24. The lowest BCUT2D eigenvalue weighted by Crippen LogP contribution is -2.50. The third kappa shape index (κ3) is 3.24. The molecule has 1 aliphatic heterocycles. The molecule has 3 rings (SSSR count). The number of rotatable bonds is 4. The van der Waals surface area contributed by atoms with Crippen LogP contribution in [0, 0.1) is 13.8 Å². The summed E-state index contributed by atoms with van der Waals surface area (Å²) in [6.07, 6.45) is 0. The molecule has 1 aliphatic rings. The summed E-state index contributed by atoms with van der Waals surface area (Å²) in [6, 6.07) is 1.16. The van der Waals surface area contributed by atoms with Crippen molar-refractivity contribution in [1.29, 1.82) is 0 Å². The molecule has 9 nitrogen and oxygen atoms in total. The fourth-order valence-corrected chi connectivity index (χ4v) is 5.50. The van der Waals surface area contributed by atoms with Crippen molar-refractivity contribution < 1.29 is 27.6 Å². The number of aromatic nitrogens is 1. The third-order valence-electron chi connectivity index (χ3n) is 4.19. The number of hydrogen-bond acceptors (Lipinski definition) is 7. The van der Waals surface area contributed by atoms with Gasteiger partial charge in [0.05, 0.1) is 11.3 Å². The molecule has 0 unspecified atom stereocenters. The Labute approximate surface area is 153 Å². The zero-order valence-corrected chi connectivity index (χ0v) is 15.8. The van der Waals surface area contributed by atoms with Crippen LogP contribution < -0.4 is 0 Å². The lowest BCUT2D eigenvalue weighted by atomic mass is 10.1. The smallest absolute Gasteiger partial charge is 0.336 e. The van der Waals surface area contributed by atoms with Crippen LogP contribution in [0.4, 0.5) is 0 Å². The molecule has 0 radical (unpaired) electrons. The first kappa shape index (κ1) is 18.5. The van der Waals surface area contributed by atoms with E-state index < -0.39 is 16.0 Å². The van der Waals surface area contributed by atoms with E-state index in [-0.39, 0.29) is 41.9 Å². The molecule has 1 N–H and O–H groups in total. The van der Waals surface area contributed by atoms with Crippen LogP contribution in [0.1, 0.15) is 32.2 Å². The highest BCUT2D eigenvalue weighted by Gasteiger charge is 2.33. The van der Waals surface area contributed by atoms with Crippen molar-refractivity contribution in [3.05, 3.63) is 34.0 Å². The highest BCUT2D eigenvalue weighted by atomic mass is 32.2. The van der Waals surface area contributed by atoms with Gasteiger partial charge in [-0.3, -0.25) is 4.79 Å². The second-order valence-corrected chi connectivity index (χ2v) is 8.93. The van der Waals surface area contributed by atoms with Crippen LogP contribution in [0.15, 0.2) is 20.2 Å². The second-order valence-electron chi connectivity index (χ2n) is 5.86. The highest BCUT2D eigenvalue weighted by Crippen LogP contribution is 2.25. The van der Waals surface area contributed by atoms with Crippen molar-refractivity contribution in [3.63, 3.8) is 0 Å². The SMILES string of the molecule is Cc1noc(C)c1C(=O)N1CCN(S(=O)(=O)c2cc(C(=O)O)cs2)CC1. The van der Waals surface area contributed by atoms with E-state index in [0.717, 1.165) is 17.4 Å². The van der Waals surface area contributed by atoms with Gasteiger partial charge in [0.2, 0.25) is 0 Å². The molecule has 2 aromatic rings. The van der Waals surface area contributed by atoms with E-state index in [9.17, 15) is 18.0 Å². The predicted octanol–water partition coefficient (Wildman–Crippen LogP) is 1.20. The van der Waals surface area contributed by atoms with E-state index in [1.165, 1.54) is 9.69 Å². The van der Waals surface area contributed by atoms with Crippen molar-refractivity contribution in [2.45, 2.75) is 18.1 Å². The van der Waals surface area contributed by atoms with E-state index >= 15 is 0 Å². The molecule has 0 aliphatic carbocycles. The lowest BCUT2D eigenvalue weighted by Gasteiger charge is -2.33. The average molecular weight is 399 g/mol. The molecular weight excluding hydrogens is 382 g/mol. The number of amides is 1. The molecule has 11 heteroatoms. The Morgan fingerprint density at radius 1 is 1.23 bits per heavy atom. The topological polar surface area (TPSA) is 121 Å². The number of nitrogens with zero attached hydrogens (tertiary/aromatic N) is 3. The number of thiophene rings is 1. The third-order valence-corrected chi connectivity index (χ3v) is 7.50. The van der Waals surface area contributed by atoms with E-state index in [0.29, 0.717) is 17.0 Å². The first-order chi connectivity index (χ1) is 12.2.